The summed E-state index contributed by atoms with van der Waals surface area (Å²) in [7, 11) is 0. The number of aliphatic hydroxyl groups is 1. The summed E-state index contributed by atoms with van der Waals surface area (Å²) >= 11 is 6.01. The van der Waals surface area contributed by atoms with Gasteiger partial charge in [-0.05, 0) is 36.6 Å². The van der Waals surface area contributed by atoms with Crippen LogP contribution in [0.5, 0.6) is 0 Å². The summed E-state index contributed by atoms with van der Waals surface area (Å²) < 4.78 is 18.7. The Bertz CT molecular complexity index is 411. The maximum Gasteiger partial charge on any atom is 0.123 e. The van der Waals surface area contributed by atoms with Crippen LogP contribution in [0.4, 0.5) is 4.39 Å². The van der Waals surface area contributed by atoms with Gasteiger partial charge in [-0.1, -0.05) is 18.5 Å². The van der Waals surface area contributed by atoms with Gasteiger partial charge in [-0.2, -0.15) is 0 Å². The Morgan fingerprint density at radius 3 is 3.06 bits per heavy atom. The minimum absolute atomic E-state index is 0.104. The molecular weight excluding hydrogens is 255 g/mol. The van der Waals surface area contributed by atoms with Crippen LogP contribution in [0.25, 0.3) is 0 Å². The van der Waals surface area contributed by atoms with Crippen molar-refractivity contribution in [3.8, 4) is 0 Å². The van der Waals surface area contributed by atoms with Crippen molar-refractivity contribution in [2.75, 3.05) is 6.61 Å². The number of aliphatic hydroxyl groups excluding tert-OH is 1. The van der Waals surface area contributed by atoms with E-state index < -0.39 is 6.10 Å². The van der Waals surface area contributed by atoms with Crippen LogP contribution in [0.2, 0.25) is 5.02 Å². The van der Waals surface area contributed by atoms with Crippen molar-refractivity contribution >= 4 is 11.6 Å². The van der Waals surface area contributed by atoms with E-state index in [1.807, 2.05) is 6.92 Å². The van der Waals surface area contributed by atoms with Gasteiger partial charge in [0.25, 0.3) is 0 Å². The van der Waals surface area contributed by atoms with Gasteiger partial charge in [0.15, 0.2) is 0 Å². The lowest BCUT2D eigenvalue weighted by molar-refractivity contribution is 0.0317. The first-order chi connectivity index (χ1) is 8.61. The normalized spacial score (nSPS) is 25.3. The lowest BCUT2D eigenvalue weighted by atomic mass is 9.89. The van der Waals surface area contributed by atoms with E-state index in [1.165, 1.54) is 18.2 Å². The van der Waals surface area contributed by atoms with Crippen molar-refractivity contribution in [3.63, 3.8) is 0 Å². The number of rotatable bonds is 4. The zero-order valence-electron chi connectivity index (χ0n) is 10.4. The smallest absolute Gasteiger partial charge is 0.123 e. The molecule has 0 radical (unpaired) electrons. The van der Waals surface area contributed by atoms with Gasteiger partial charge < -0.3 is 9.84 Å². The van der Waals surface area contributed by atoms with Crippen LogP contribution in [-0.2, 0) is 11.2 Å². The fraction of sp³-hybridized carbons (Fsp3) is 0.571. The van der Waals surface area contributed by atoms with E-state index in [0.29, 0.717) is 23.6 Å². The zero-order valence-corrected chi connectivity index (χ0v) is 11.2. The summed E-state index contributed by atoms with van der Waals surface area (Å²) in [6, 6.07) is 4.25. The van der Waals surface area contributed by atoms with Gasteiger partial charge in [0, 0.05) is 24.0 Å². The van der Waals surface area contributed by atoms with Crippen molar-refractivity contribution in [1.29, 1.82) is 0 Å². The molecule has 1 aromatic carbocycles. The lowest BCUT2D eigenvalue weighted by Gasteiger charge is -2.23. The van der Waals surface area contributed by atoms with Gasteiger partial charge in [0.05, 0.1) is 12.2 Å². The topological polar surface area (TPSA) is 29.5 Å². The van der Waals surface area contributed by atoms with Crippen molar-refractivity contribution in [1.82, 2.24) is 0 Å². The standard InChI is InChI=1S/C14H18ClFO2/c1-2-14-11(5-6-18-14)13(17)8-9-7-10(16)3-4-12(9)15/h3-4,7,11,13-14,17H,2,5-6,8H2,1H3. The molecule has 0 aliphatic carbocycles. The molecule has 3 unspecified atom stereocenters. The quantitative estimate of drug-likeness (QED) is 0.912. The molecule has 1 heterocycles. The highest BCUT2D eigenvalue weighted by atomic mass is 35.5. The first-order valence-electron chi connectivity index (χ1n) is 6.35. The maximum atomic E-state index is 13.2. The van der Waals surface area contributed by atoms with Gasteiger partial charge in [-0.3, -0.25) is 0 Å². The van der Waals surface area contributed by atoms with E-state index >= 15 is 0 Å². The average molecular weight is 273 g/mol. The van der Waals surface area contributed by atoms with Crippen molar-refractivity contribution in [3.05, 3.63) is 34.6 Å². The van der Waals surface area contributed by atoms with E-state index in [2.05, 4.69) is 0 Å². The van der Waals surface area contributed by atoms with E-state index in [4.69, 9.17) is 16.3 Å². The molecule has 1 saturated heterocycles. The van der Waals surface area contributed by atoms with Gasteiger partial charge in [-0.15, -0.1) is 0 Å². The highest BCUT2D eigenvalue weighted by Gasteiger charge is 2.32. The lowest BCUT2D eigenvalue weighted by Crippen LogP contribution is -2.29. The summed E-state index contributed by atoms with van der Waals surface area (Å²) in [5.74, 6) is -0.203. The molecule has 0 bridgehead atoms. The van der Waals surface area contributed by atoms with Crippen LogP contribution in [-0.4, -0.2) is 23.9 Å². The molecule has 1 aliphatic rings. The number of hydrogen-bond acceptors (Lipinski definition) is 2. The molecule has 3 atom stereocenters. The fourth-order valence-corrected chi connectivity index (χ4v) is 2.80. The maximum absolute atomic E-state index is 13.2. The molecule has 0 amide bonds. The molecule has 100 valence electrons. The van der Waals surface area contributed by atoms with Crippen LogP contribution in [0.1, 0.15) is 25.3 Å². The molecule has 18 heavy (non-hydrogen) atoms. The molecule has 4 heteroatoms. The summed E-state index contributed by atoms with van der Waals surface area (Å²) in [6.07, 6.45) is 1.69. The second-order valence-corrected chi connectivity index (χ2v) is 5.18. The van der Waals surface area contributed by atoms with Crippen LogP contribution in [0.15, 0.2) is 18.2 Å². The monoisotopic (exact) mass is 272 g/mol. The van der Waals surface area contributed by atoms with Crippen LogP contribution >= 0.6 is 11.6 Å². The Kier molecular flexibility index (Phi) is 4.60. The summed E-state index contributed by atoms with van der Waals surface area (Å²) in [5, 5.41) is 10.8. The second-order valence-electron chi connectivity index (χ2n) is 4.78. The van der Waals surface area contributed by atoms with Crippen molar-refractivity contribution < 1.29 is 14.2 Å². The predicted octanol–water partition coefficient (Wildman–Crippen LogP) is 3.20. The first-order valence-corrected chi connectivity index (χ1v) is 6.73. The van der Waals surface area contributed by atoms with Gasteiger partial charge in [0.1, 0.15) is 5.82 Å². The van der Waals surface area contributed by atoms with E-state index in [-0.39, 0.29) is 17.8 Å². The Labute approximate surface area is 112 Å². The molecule has 0 spiro atoms. The molecule has 2 rings (SSSR count). The Morgan fingerprint density at radius 2 is 2.33 bits per heavy atom. The van der Waals surface area contributed by atoms with Gasteiger partial charge in [0.2, 0.25) is 0 Å². The molecule has 1 fully saturated rings. The highest BCUT2D eigenvalue weighted by Crippen LogP contribution is 2.29. The Morgan fingerprint density at radius 1 is 1.56 bits per heavy atom. The Hall–Kier alpha value is -0.640. The second kappa shape index (κ2) is 6.00. The van der Waals surface area contributed by atoms with Crippen LogP contribution in [0.3, 0.4) is 0 Å². The molecule has 0 saturated carbocycles. The largest absolute Gasteiger partial charge is 0.392 e. The van der Waals surface area contributed by atoms with Crippen LogP contribution < -0.4 is 0 Å². The predicted molar refractivity (Wildman–Crippen MR) is 69.3 cm³/mol. The molecule has 1 aliphatic heterocycles. The number of halogens is 2. The number of hydrogen-bond donors (Lipinski definition) is 1. The van der Waals surface area contributed by atoms with Gasteiger partial charge >= 0.3 is 0 Å². The SMILES string of the molecule is CCC1OCCC1C(O)Cc1cc(F)ccc1Cl. The van der Waals surface area contributed by atoms with E-state index in [1.54, 1.807) is 0 Å². The highest BCUT2D eigenvalue weighted by molar-refractivity contribution is 6.31. The number of benzene rings is 1. The third-order valence-corrected chi connectivity index (χ3v) is 3.96. The average Bonchev–Trinajstić information content (AvgIpc) is 2.82. The van der Waals surface area contributed by atoms with Crippen molar-refractivity contribution in [2.45, 2.75) is 38.4 Å². The van der Waals surface area contributed by atoms with E-state index in [0.717, 1.165) is 12.8 Å². The summed E-state index contributed by atoms with van der Waals surface area (Å²) in [4.78, 5) is 0. The molecular formula is C14H18ClFO2. The minimum Gasteiger partial charge on any atom is -0.392 e. The van der Waals surface area contributed by atoms with Crippen LogP contribution in [0, 0.1) is 11.7 Å². The first kappa shape index (κ1) is 13.8. The minimum atomic E-state index is -0.531. The zero-order chi connectivity index (χ0) is 13.1. The summed E-state index contributed by atoms with van der Waals surface area (Å²) in [6.45, 7) is 2.74. The van der Waals surface area contributed by atoms with Crippen molar-refractivity contribution in [2.24, 2.45) is 5.92 Å². The fourth-order valence-electron chi connectivity index (χ4n) is 2.60. The van der Waals surface area contributed by atoms with Gasteiger partial charge in [-0.25, -0.2) is 4.39 Å². The molecule has 2 nitrogen and oxygen atoms in total. The molecule has 0 aromatic heterocycles. The molecule has 1 aromatic rings. The number of ether oxygens (including phenoxy) is 1. The third kappa shape index (κ3) is 3.02. The third-order valence-electron chi connectivity index (χ3n) is 3.59. The molecule has 1 N–H and O–H groups in total. The summed E-state index contributed by atoms with van der Waals surface area (Å²) in [5.41, 5.74) is 0.658. The Balaban J connectivity index is 2.06. The van der Waals surface area contributed by atoms with E-state index in [9.17, 15) is 9.50 Å².